The Morgan fingerprint density at radius 1 is 0.615 bits per heavy atom. The molecule has 0 amide bonds. The number of fused-ring (bicyclic) bond motifs is 2. The molecule has 0 bridgehead atoms. The van der Waals surface area contributed by atoms with Gasteiger partial charge in [0.2, 0.25) is 39.7 Å². The minimum atomic E-state index is -7.46. The summed E-state index contributed by atoms with van der Waals surface area (Å²) in [7, 11) is -38.9. The van der Waals surface area contributed by atoms with E-state index < -0.39 is 99.2 Å². The molecular formula is C35H44F6KN4O13S6+. The monoisotopic (exact) mass is 1070 g/mol. The van der Waals surface area contributed by atoms with E-state index >= 15 is 0 Å². The first-order valence-electron chi connectivity index (χ1n) is 18.4. The summed E-state index contributed by atoms with van der Waals surface area (Å²) in [6.07, 6.45) is 0. The number of hydrogen-bond donors (Lipinski definition) is 0. The normalized spacial score (nSPS) is 14.8. The van der Waals surface area contributed by atoms with Crippen LogP contribution in [0.15, 0.2) is 73.8 Å². The average molecular weight is 1070 g/mol. The van der Waals surface area contributed by atoms with Crippen molar-refractivity contribution in [2.24, 2.45) is 4.99 Å². The molecule has 1 aliphatic carbocycles. The number of hydrogen-bond acceptors (Lipinski definition) is 15. The number of sulfonamides is 2. The number of anilines is 1. The zero-order valence-electron chi connectivity index (χ0n) is 36.3. The molecule has 0 radical (unpaired) electrons. The fraction of sp³-hybridized carbons (Fsp3) is 0.457. The number of nitrogens with zero attached hydrogens (tertiary/aromatic N) is 4. The van der Waals surface area contributed by atoms with Crippen LogP contribution in [0.25, 0.3) is 33.4 Å². The maximum Gasteiger partial charge on any atom is 1.00 e. The van der Waals surface area contributed by atoms with E-state index in [4.69, 9.17) is 4.42 Å². The second-order valence-electron chi connectivity index (χ2n) is 13.4. The maximum atomic E-state index is 14.8. The first-order chi connectivity index (χ1) is 29.1. The van der Waals surface area contributed by atoms with Crippen LogP contribution >= 0.6 is 0 Å². The molecule has 1 heterocycles. The van der Waals surface area contributed by atoms with Crippen LogP contribution in [0.3, 0.4) is 0 Å². The number of halogens is 6. The summed E-state index contributed by atoms with van der Waals surface area (Å²) >= 11 is 0. The zero-order valence-corrected chi connectivity index (χ0v) is 44.3. The Bertz CT molecular complexity index is 3140. The Balaban J connectivity index is 0.00000477. The van der Waals surface area contributed by atoms with E-state index in [1.165, 1.54) is 36.4 Å². The summed E-state index contributed by atoms with van der Waals surface area (Å²) in [5.41, 5.74) is -14.5. The Labute approximate surface area is 416 Å². The summed E-state index contributed by atoms with van der Waals surface area (Å²) in [5, 5.41) is 0.120. The van der Waals surface area contributed by atoms with Gasteiger partial charge in [0.25, 0.3) is 27.5 Å². The predicted octanol–water partition coefficient (Wildman–Crippen LogP) is 1.77. The predicted molar refractivity (Wildman–Crippen MR) is 226 cm³/mol. The van der Waals surface area contributed by atoms with Gasteiger partial charge in [0.15, 0.2) is 0 Å². The Kier molecular flexibility index (Phi) is 18.8. The van der Waals surface area contributed by atoms with Crippen LogP contribution in [-0.2, 0) is 59.4 Å². The van der Waals surface area contributed by atoms with Gasteiger partial charge >= 0.3 is 62.4 Å². The average Bonchev–Trinajstić information content (AvgIpc) is 3.16. The van der Waals surface area contributed by atoms with Crippen molar-refractivity contribution in [3.05, 3.63) is 60.0 Å². The van der Waals surface area contributed by atoms with E-state index in [-0.39, 0.29) is 106 Å². The molecule has 1 aliphatic heterocycles. The van der Waals surface area contributed by atoms with Crippen molar-refractivity contribution in [1.82, 2.24) is 8.61 Å². The summed E-state index contributed by atoms with van der Waals surface area (Å²) < 4.78 is 245. The zero-order chi connectivity index (χ0) is 49.6. The third kappa shape index (κ3) is 11.0. The molecule has 0 N–H and O–H groups in total. The topological polar surface area (TPSA) is 240 Å². The van der Waals surface area contributed by atoms with Crippen LogP contribution in [-0.4, -0.2) is 126 Å². The molecule has 17 nitrogen and oxygen atoms in total. The molecule has 30 heteroatoms. The molecule has 2 aromatic rings. The van der Waals surface area contributed by atoms with Crippen LogP contribution in [0.2, 0.25) is 0 Å². The van der Waals surface area contributed by atoms with E-state index in [1.54, 1.807) is 20.8 Å². The van der Waals surface area contributed by atoms with Crippen molar-refractivity contribution < 1.29 is 133 Å². The maximum absolute atomic E-state index is 14.8. The molecule has 0 aromatic heterocycles. The van der Waals surface area contributed by atoms with E-state index in [9.17, 15) is 76.8 Å². The van der Waals surface area contributed by atoms with E-state index in [0.717, 1.165) is 0 Å². The molecule has 65 heavy (non-hydrogen) atoms. The molecule has 0 saturated carbocycles. The number of rotatable bonds is 15. The van der Waals surface area contributed by atoms with Crippen LogP contribution in [0.1, 0.15) is 34.6 Å². The van der Waals surface area contributed by atoms with E-state index in [1.807, 2.05) is 18.7 Å². The number of benzene rings is 3. The third-order valence-corrected chi connectivity index (χ3v) is 26.4. The quantitative estimate of drug-likeness (QED) is 0.0937. The molecule has 4 rings (SSSR count). The van der Waals surface area contributed by atoms with Gasteiger partial charge in [0.05, 0.1) is 15.1 Å². The number of sulfone groups is 4. The van der Waals surface area contributed by atoms with Crippen molar-refractivity contribution in [3.8, 4) is 22.5 Å². The molecule has 0 saturated heterocycles. The van der Waals surface area contributed by atoms with Gasteiger partial charge < -0.3 is 9.32 Å². The van der Waals surface area contributed by atoms with Gasteiger partial charge in [-0.1, -0.05) is 19.9 Å². The van der Waals surface area contributed by atoms with Gasteiger partial charge in [-0.2, -0.15) is 26.3 Å². The molecule has 2 unspecified atom stereocenters. The molecular weight excluding hydrogens is 1030 g/mol. The number of alkyl halides is 6. The third-order valence-electron chi connectivity index (χ3n) is 9.18. The van der Waals surface area contributed by atoms with Crippen molar-refractivity contribution >= 4 is 76.1 Å². The van der Waals surface area contributed by atoms with Gasteiger partial charge in [-0.05, 0) is 57.2 Å². The Hall–Kier alpha value is -2.23. The van der Waals surface area contributed by atoms with Gasteiger partial charge in [0.1, 0.15) is 11.3 Å². The van der Waals surface area contributed by atoms with Crippen LogP contribution < -0.4 is 61.6 Å². The van der Waals surface area contributed by atoms with Crippen molar-refractivity contribution in [2.75, 3.05) is 52.7 Å². The van der Waals surface area contributed by atoms with Crippen molar-refractivity contribution in [1.29, 1.82) is 0 Å². The van der Waals surface area contributed by atoms with Gasteiger partial charge in [-0.25, -0.2) is 59.1 Å². The summed E-state index contributed by atoms with van der Waals surface area (Å²) in [5.74, 6) is -0.146. The molecule has 2 aromatic carbocycles. The van der Waals surface area contributed by atoms with Crippen LogP contribution in [0, 0.1) is 0 Å². The fourth-order valence-corrected chi connectivity index (χ4v) is 21.5. The standard InChI is InChI=1S/C33H38F6N4O13S6.C2H6.K/c1-8-40-20-11-14-23-26(17-20)56-27-18-21(43(9-2)10-3)12-15-24(27)29(23)25-16-13-22(57(44,45)30(61(52,53)41(4)5)59(48,49)32(34,35)36)19-28(25)58(46,47)31(62(54,55)42(6)7)60(50,51)33(37,38)39;1-2;/h11-19,30-31H,8-10H2,1-7H3;1-2H3;/q;;+1. The van der Waals surface area contributed by atoms with Crippen LogP contribution in [0.4, 0.5) is 32.0 Å². The van der Waals surface area contributed by atoms with Crippen molar-refractivity contribution in [2.45, 2.75) is 63.3 Å². The molecule has 0 spiro atoms. The van der Waals surface area contributed by atoms with Crippen molar-refractivity contribution in [3.63, 3.8) is 0 Å². The van der Waals surface area contributed by atoms with E-state index in [0.29, 0.717) is 53.0 Å². The Morgan fingerprint density at radius 3 is 1.51 bits per heavy atom. The Morgan fingerprint density at radius 2 is 1.08 bits per heavy atom. The van der Waals surface area contributed by atoms with E-state index in [2.05, 4.69) is 4.99 Å². The van der Waals surface area contributed by atoms with Crippen LogP contribution in [0.5, 0.6) is 0 Å². The molecule has 2 aliphatic rings. The summed E-state index contributed by atoms with van der Waals surface area (Å²) in [4.78, 5) is 2.18. The van der Waals surface area contributed by atoms with Gasteiger partial charge in [-0.15, -0.1) is 0 Å². The summed E-state index contributed by atoms with van der Waals surface area (Å²) in [6.45, 7) is 10.3. The van der Waals surface area contributed by atoms with Gasteiger partial charge in [0, 0.05) is 87.7 Å². The minimum Gasteiger partial charge on any atom is -0.456 e. The second kappa shape index (κ2) is 20.8. The minimum absolute atomic E-state index is 0. The second-order valence-corrected chi connectivity index (χ2v) is 27.8. The summed E-state index contributed by atoms with van der Waals surface area (Å²) in [6, 6.07) is 8.45. The first kappa shape index (κ1) is 58.9. The SMILES string of the molecule is CC.CCN=c1ccc2c(-c3ccc(S(=O)(=O)C(S(=O)(=O)N(C)C)S(=O)(=O)C(F)(F)F)cc3S(=O)(=O)C(S(=O)(=O)N(C)C)S(=O)(=O)C(F)(F)F)c3ccc(N(CC)CC)cc3oc-2c1.[K+]. The smallest absolute Gasteiger partial charge is 0.456 e. The van der Waals surface area contributed by atoms with Gasteiger partial charge in [-0.3, -0.25) is 4.99 Å². The fourth-order valence-electron chi connectivity index (χ4n) is 6.10. The first-order valence-corrected chi connectivity index (χ1v) is 27.6. The molecule has 0 fully saturated rings. The largest absolute Gasteiger partial charge is 1.00 e. The molecule has 2 atom stereocenters. The molecule has 360 valence electrons.